The van der Waals surface area contributed by atoms with Crippen molar-refractivity contribution in [1.29, 1.82) is 0 Å². The zero-order valence-electron chi connectivity index (χ0n) is 29.0. The Morgan fingerprint density at radius 1 is 0.750 bits per heavy atom. The molecule has 0 aromatic carbocycles. The number of ether oxygens (including phenoxy) is 1. The van der Waals surface area contributed by atoms with E-state index in [1.54, 1.807) is 35.5 Å². The molecule has 6 heterocycles. The van der Waals surface area contributed by atoms with E-state index in [0.717, 1.165) is 30.9 Å². The summed E-state index contributed by atoms with van der Waals surface area (Å²) in [6, 6.07) is 1.53. The average Bonchev–Trinajstić information content (AvgIpc) is 3.70. The van der Waals surface area contributed by atoms with Crippen LogP contribution in [-0.2, 0) is 43.0 Å². The summed E-state index contributed by atoms with van der Waals surface area (Å²) in [7, 11) is 0. The number of pyridine rings is 2. The fraction of sp³-hybridized carbons (Fsp3) is 0.606. The predicted octanol–water partition coefficient (Wildman–Crippen LogP) is 4.94. The molecule has 19 heteroatoms. The minimum atomic E-state index is -4.47. The number of likely N-dealkylation sites (tertiary alicyclic amines) is 2. The summed E-state index contributed by atoms with van der Waals surface area (Å²) in [5.41, 5.74) is 5.71. The maximum Gasteiger partial charge on any atom is 0.417 e. The second-order valence-electron chi connectivity index (χ2n) is 14.1. The largest absolute Gasteiger partial charge is 0.444 e. The molecule has 2 fully saturated rings. The van der Waals surface area contributed by atoms with E-state index in [2.05, 4.69) is 15.3 Å². The van der Waals surface area contributed by atoms with Crippen molar-refractivity contribution in [2.45, 2.75) is 89.6 Å². The van der Waals surface area contributed by atoms with Crippen molar-refractivity contribution < 1.29 is 50.2 Å². The molecule has 2 aromatic rings. The molecule has 0 spiro atoms. The maximum atomic E-state index is 12.9. The third kappa shape index (κ3) is 10.1. The summed E-state index contributed by atoms with van der Waals surface area (Å²) in [4.78, 5) is 51.3. The molecule has 5 amide bonds. The van der Waals surface area contributed by atoms with E-state index in [0.29, 0.717) is 81.0 Å². The third-order valence-corrected chi connectivity index (χ3v) is 8.95. The molecular weight excluding hydrogens is 705 g/mol. The average molecular weight is 749 g/mol. The molecule has 4 aliphatic rings. The number of urea groups is 2. The van der Waals surface area contributed by atoms with Crippen LogP contribution in [0.1, 0.15) is 67.3 Å². The first kappa shape index (κ1) is 40.4. The van der Waals surface area contributed by atoms with Crippen LogP contribution in [0.4, 0.5) is 45.4 Å². The van der Waals surface area contributed by atoms with Gasteiger partial charge in [0.2, 0.25) is 0 Å². The highest BCUT2D eigenvalue weighted by molar-refractivity contribution is 5.76. The number of halogens is 7. The quantitative estimate of drug-likeness (QED) is 0.395. The number of nitrogens with two attached hydrogens (primary N) is 1. The second-order valence-corrected chi connectivity index (χ2v) is 14.1. The van der Waals surface area contributed by atoms with Crippen LogP contribution in [0.5, 0.6) is 0 Å². The van der Waals surface area contributed by atoms with Gasteiger partial charge in [-0.1, -0.05) is 0 Å². The van der Waals surface area contributed by atoms with Crippen LogP contribution in [-0.4, -0.2) is 105 Å². The number of hydrogen-bond acceptors (Lipinski definition) is 7. The Morgan fingerprint density at radius 2 is 1.21 bits per heavy atom. The topological polar surface area (TPSA) is 137 Å². The van der Waals surface area contributed by atoms with Crippen LogP contribution in [0.2, 0.25) is 0 Å². The van der Waals surface area contributed by atoms with E-state index < -0.39 is 35.2 Å². The lowest BCUT2D eigenvalue weighted by molar-refractivity contribution is -0.138. The number of fused-ring (bicyclic) bond motifs is 2. The minimum absolute atomic E-state index is 0. The first-order valence-electron chi connectivity index (χ1n) is 16.7. The van der Waals surface area contributed by atoms with Gasteiger partial charge in [-0.05, 0) is 56.9 Å². The molecule has 288 valence electrons. The molecule has 2 saturated heterocycles. The van der Waals surface area contributed by atoms with E-state index in [-0.39, 0.29) is 41.9 Å². The van der Waals surface area contributed by atoms with Gasteiger partial charge in [-0.15, -0.1) is 0 Å². The van der Waals surface area contributed by atoms with Gasteiger partial charge >= 0.3 is 30.5 Å². The van der Waals surface area contributed by atoms with Gasteiger partial charge in [0.15, 0.2) is 0 Å². The normalized spacial score (nSPS) is 20.3. The number of hydrogen-bond donors (Lipinski definition) is 2. The van der Waals surface area contributed by atoms with Gasteiger partial charge in [-0.25, -0.2) is 14.4 Å². The molecule has 2 atom stereocenters. The lowest BCUT2D eigenvalue weighted by Crippen LogP contribution is -2.46. The van der Waals surface area contributed by atoms with E-state index in [1.165, 1.54) is 4.90 Å². The number of nitrogens with one attached hydrogen (secondary N) is 1. The number of carbonyl (C=O) groups is 3. The zero-order valence-corrected chi connectivity index (χ0v) is 29.0. The van der Waals surface area contributed by atoms with E-state index in [1.807, 2.05) is 0 Å². The number of amides is 5. The summed E-state index contributed by atoms with van der Waals surface area (Å²) in [6.45, 7) is 8.32. The summed E-state index contributed by atoms with van der Waals surface area (Å²) >= 11 is 0. The van der Waals surface area contributed by atoms with Gasteiger partial charge in [-0.3, -0.25) is 14.7 Å². The number of alkyl halides is 6. The smallest absolute Gasteiger partial charge is 0.417 e. The molecule has 4 aliphatic heterocycles. The number of aromatic nitrogens is 2. The Bertz CT molecular complexity index is 1620. The molecule has 0 saturated carbocycles. The highest BCUT2D eigenvalue weighted by atomic mass is 19.4. The molecule has 52 heavy (non-hydrogen) atoms. The Hall–Kier alpha value is -4.42. The number of alkyl carbamates (subject to hydrolysis) is 1. The van der Waals surface area contributed by atoms with E-state index in [4.69, 9.17) is 10.5 Å². The Morgan fingerprint density at radius 3 is 1.63 bits per heavy atom. The summed E-state index contributed by atoms with van der Waals surface area (Å²) in [5, 5.41) is 2.75. The van der Waals surface area contributed by atoms with Gasteiger partial charge < -0.3 is 35.4 Å². The first-order chi connectivity index (χ1) is 23.8. The first-order valence-corrected chi connectivity index (χ1v) is 16.7. The molecule has 0 bridgehead atoms. The summed E-state index contributed by atoms with van der Waals surface area (Å²) < 4.78 is 82.3. The summed E-state index contributed by atoms with van der Waals surface area (Å²) in [6.07, 6.45) is -5.49. The molecule has 6 rings (SSSR count). The predicted molar refractivity (Wildman–Crippen MR) is 174 cm³/mol. The van der Waals surface area contributed by atoms with Crippen LogP contribution >= 0.6 is 0 Å². The SMILES string of the molecule is CC(C)(C)OC(=O)NC1CCN(C(=O)N2CCc3ncc(C(F)(F)F)cc3C2)C1.F.NC1CCN(C(=O)N2CCc3ncc(C(F)(F)F)cc3C2)C1. The fourth-order valence-corrected chi connectivity index (χ4v) is 6.38. The number of carbonyl (C=O) groups excluding carboxylic acids is 3. The standard InChI is InChI=1S/C19H25F3N4O3.C14H17F3N4O.FH/c1-18(2,3)29-16(27)24-14-4-6-26(11-14)17(28)25-7-5-15-12(10-25)8-13(9-23-15)19(20,21)22;15-14(16,17)10-5-9-7-20(4-2-12(9)19-6-10)13(22)21-3-1-11(18)8-21;/h8-9,14H,4-7,10-11H2,1-3H3,(H,24,27);5-6,11H,1-4,7-8,18H2;1H. The van der Waals surface area contributed by atoms with Gasteiger partial charge in [-0.2, -0.15) is 26.3 Å². The van der Waals surface area contributed by atoms with E-state index in [9.17, 15) is 40.7 Å². The van der Waals surface area contributed by atoms with Crippen molar-refractivity contribution >= 4 is 18.2 Å². The Kier molecular flexibility index (Phi) is 12.2. The maximum absolute atomic E-state index is 12.9. The van der Waals surface area contributed by atoms with Gasteiger partial charge in [0.1, 0.15) is 5.60 Å². The summed E-state index contributed by atoms with van der Waals surface area (Å²) in [5.74, 6) is 0. The van der Waals surface area contributed by atoms with Crippen molar-refractivity contribution in [3.05, 3.63) is 58.2 Å². The lowest BCUT2D eigenvalue weighted by Gasteiger charge is -2.32. The van der Waals surface area contributed by atoms with Crippen LogP contribution in [0.15, 0.2) is 24.5 Å². The molecular formula is C33H43F7N8O4. The molecule has 12 nitrogen and oxygen atoms in total. The molecule has 0 radical (unpaired) electrons. The minimum Gasteiger partial charge on any atom is -0.444 e. The van der Waals surface area contributed by atoms with Gasteiger partial charge in [0.05, 0.1) is 17.2 Å². The zero-order chi connectivity index (χ0) is 37.3. The molecule has 0 aliphatic carbocycles. The van der Waals surface area contributed by atoms with Gasteiger partial charge in [0, 0.05) is 95.0 Å². The van der Waals surface area contributed by atoms with Crippen LogP contribution in [0.3, 0.4) is 0 Å². The van der Waals surface area contributed by atoms with Crippen LogP contribution in [0.25, 0.3) is 0 Å². The van der Waals surface area contributed by atoms with Crippen molar-refractivity contribution in [3.8, 4) is 0 Å². The molecule has 2 aromatic heterocycles. The number of nitrogens with zero attached hydrogens (tertiary/aromatic N) is 6. The lowest BCUT2D eigenvalue weighted by atomic mass is 10.0. The third-order valence-electron chi connectivity index (χ3n) is 8.95. The van der Waals surface area contributed by atoms with Crippen molar-refractivity contribution in [3.63, 3.8) is 0 Å². The Balaban J connectivity index is 0.000000236. The molecule has 2 unspecified atom stereocenters. The van der Waals surface area contributed by atoms with Crippen LogP contribution < -0.4 is 11.1 Å². The van der Waals surface area contributed by atoms with Gasteiger partial charge in [0.25, 0.3) is 0 Å². The highest BCUT2D eigenvalue weighted by Gasteiger charge is 2.36. The monoisotopic (exact) mass is 748 g/mol. The van der Waals surface area contributed by atoms with Crippen LogP contribution in [0, 0.1) is 0 Å². The molecule has 3 N–H and O–H groups in total. The Labute approximate surface area is 296 Å². The van der Waals surface area contributed by atoms with E-state index >= 15 is 0 Å². The highest BCUT2D eigenvalue weighted by Crippen LogP contribution is 2.32. The fourth-order valence-electron chi connectivity index (χ4n) is 6.38. The number of rotatable bonds is 1. The van der Waals surface area contributed by atoms with Crippen molar-refractivity contribution in [1.82, 2.24) is 34.9 Å². The second kappa shape index (κ2) is 15.7. The van der Waals surface area contributed by atoms with Crippen molar-refractivity contribution in [2.24, 2.45) is 5.73 Å². The van der Waals surface area contributed by atoms with Crippen molar-refractivity contribution in [2.75, 3.05) is 39.3 Å².